The number of aromatic hydroxyl groups is 1. The average molecular weight is 295 g/mol. The van der Waals surface area contributed by atoms with Gasteiger partial charge in [0.1, 0.15) is 0 Å². The Morgan fingerprint density at radius 3 is 2.77 bits per heavy atom. The molecule has 3 aromatic rings. The Hall–Kier alpha value is -2.82. The Bertz CT molecular complexity index is 796. The second-order valence-corrected chi connectivity index (χ2v) is 4.94. The topological polar surface area (TPSA) is 71.0 Å². The summed E-state index contributed by atoms with van der Waals surface area (Å²) in [5.74, 6) is 1.83. The van der Waals surface area contributed by atoms with Gasteiger partial charge >= 0.3 is 0 Å². The van der Waals surface area contributed by atoms with E-state index in [9.17, 15) is 5.11 Å². The molecule has 2 aromatic carbocycles. The first-order valence-corrected chi connectivity index (χ1v) is 7.13. The summed E-state index contributed by atoms with van der Waals surface area (Å²) in [4.78, 5) is 4.54. The quantitative estimate of drug-likeness (QED) is 0.772. The molecule has 0 aliphatic carbocycles. The third kappa shape index (κ3) is 2.65. The molecule has 0 spiro atoms. The molecular formula is C17H17N3O2. The normalized spacial score (nSPS) is 10.6. The number of aromatic nitrogens is 3. The summed E-state index contributed by atoms with van der Waals surface area (Å²) in [5, 5.41) is 17.0. The van der Waals surface area contributed by atoms with Gasteiger partial charge in [-0.3, -0.25) is 5.10 Å². The fraction of sp³-hybridized carbons (Fsp3) is 0.176. The summed E-state index contributed by atoms with van der Waals surface area (Å²) in [7, 11) is 0. The van der Waals surface area contributed by atoms with Crippen LogP contribution in [0, 0.1) is 6.92 Å². The van der Waals surface area contributed by atoms with E-state index in [-0.39, 0.29) is 5.75 Å². The van der Waals surface area contributed by atoms with Crippen LogP contribution in [0.2, 0.25) is 0 Å². The number of rotatable bonds is 4. The van der Waals surface area contributed by atoms with E-state index in [2.05, 4.69) is 15.2 Å². The molecule has 0 saturated heterocycles. The first kappa shape index (κ1) is 14.1. The third-order valence-corrected chi connectivity index (χ3v) is 3.40. The van der Waals surface area contributed by atoms with Crippen molar-refractivity contribution >= 4 is 0 Å². The number of hydrogen-bond donors (Lipinski definition) is 2. The van der Waals surface area contributed by atoms with Crippen molar-refractivity contribution in [1.29, 1.82) is 0 Å². The van der Waals surface area contributed by atoms with Gasteiger partial charge in [0.25, 0.3) is 0 Å². The zero-order chi connectivity index (χ0) is 15.5. The highest BCUT2D eigenvalue weighted by Crippen LogP contribution is 2.31. The van der Waals surface area contributed by atoms with Gasteiger partial charge in [0.2, 0.25) is 0 Å². The Morgan fingerprint density at radius 2 is 2.00 bits per heavy atom. The van der Waals surface area contributed by atoms with Gasteiger partial charge in [-0.25, -0.2) is 4.98 Å². The van der Waals surface area contributed by atoms with Crippen molar-refractivity contribution in [2.75, 3.05) is 6.61 Å². The van der Waals surface area contributed by atoms with E-state index >= 15 is 0 Å². The van der Waals surface area contributed by atoms with Gasteiger partial charge in [0, 0.05) is 11.1 Å². The molecule has 0 radical (unpaired) electrons. The lowest BCUT2D eigenvalue weighted by molar-refractivity contribution is 0.318. The number of aromatic amines is 1. The summed E-state index contributed by atoms with van der Waals surface area (Å²) in [6, 6.07) is 13.1. The maximum absolute atomic E-state index is 9.76. The summed E-state index contributed by atoms with van der Waals surface area (Å²) in [6.45, 7) is 4.39. The Kier molecular flexibility index (Phi) is 3.78. The van der Waals surface area contributed by atoms with Crippen LogP contribution in [-0.4, -0.2) is 26.9 Å². The molecule has 1 heterocycles. The molecule has 0 aliphatic heterocycles. The lowest BCUT2D eigenvalue weighted by Crippen LogP contribution is -1.92. The monoisotopic (exact) mass is 295 g/mol. The first-order chi connectivity index (χ1) is 10.7. The lowest BCUT2D eigenvalue weighted by atomic mass is 10.1. The molecule has 2 N–H and O–H groups in total. The van der Waals surface area contributed by atoms with Crippen LogP contribution in [0.15, 0.2) is 42.5 Å². The van der Waals surface area contributed by atoms with Gasteiger partial charge in [-0.15, -0.1) is 0 Å². The summed E-state index contributed by atoms with van der Waals surface area (Å²) >= 11 is 0. The van der Waals surface area contributed by atoms with Crippen LogP contribution in [0.3, 0.4) is 0 Å². The van der Waals surface area contributed by atoms with Crippen molar-refractivity contribution < 1.29 is 9.84 Å². The van der Waals surface area contributed by atoms with Crippen LogP contribution in [-0.2, 0) is 0 Å². The molecule has 0 amide bonds. The van der Waals surface area contributed by atoms with Crippen LogP contribution in [0.1, 0.15) is 12.5 Å². The molecule has 3 rings (SSSR count). The molecule has 5 heteroatoms. The second-order valence-electron chi connectivity index (χ2n) is 4.94. The predicted octanol–water partition coefficient (Wildman–Crippen LogP) is 3.55. The maximum atomic E-state index is 9.76. The van der Waals surface area contributed by atoms with Crippen LogP contribution in [0.4, 0.5) is 0 Å². The largest absolute Gasteiger partial charge is 0.504 e. The highest BCUT2D eigenvalue weighted by Gasteiger charge is 2.11. The zero-order valence-corrected chi connectivity index (χ0v) is 12.5. The lowest BCUT2D eigenvalue weighted by Gasteiger charge is -2.06. The highest BCUT2D eigenvalue weighted by molar-refractivity contribution is 5.65. The molecule has 112 valence electrons. The number of aryl methyl sites for hydroxylation is 1. The van der Waals surface area contributed by atoms with Crippen LogP contribution >= 0.6 is 0 Å². The standard InChI is InChI=1S/C17H17N3O2/c1-3-22-15-10-12(8-9-14(15)21)16-18-17(20-19-16)13-7-5-4-6-11(13)2/h4-10,21H,3H2,1-2H3,(H,18,19,20). The number of phenolic OH excluding ortho intramolecular Hbond substituents is 1. The van der Waals surface area contributed by atoms with Gasteiger partial charge in [-0.2, -0.15) is 5.10 Å². The van der Waals surface area contributed by atoms with Crippen molar-refractivity contribution in [1.82, 2.24) is 15.2 Å². The number of benzene rings is 2. The summed E-state index contributed by atoms with van der Waals surface area (Å²) < 4.78 is 5.39. The smallest absolute Gasteiger partial charge is 0.181 e. The molecule has 0 saturated carbocycles. The van der Waals surface area contributed by atoms with Gasteiger partial charge in [0.05, 0.1) is 6.61 Å². The first-order valence-electron chi connectivity index (χ1n) is 7.13. The third-order valence-electron chi connectivity index (χ3n) is 3.40. The molecule has 0 unspecified atom stereocenters. The van der Waals surface area contributed by atoms with Gasteiger partial charge in [0.15, 0.2) is 23.1 Å². The average Bonchev–Trinajstić information content (AvgIpc) is 3.00. The summed E-state index contributed by atoms with van der Waals surface area (Å²) in [6.07, 6.45) is 0. The van der Waals surface area contributed by atoms with E-state index in [1.807, 2.05) is 38.1 Å². The van der Waals surface area contributed by atoms with Crippen molar-refractivity contribution in [3.8, 4) is 34.3 Å². The molecule has 1 aromatic heterocycles. The SMILES string of the molecule is CCOc1cc(-c2n[nH]c(-c3ccccc3C)n2)ccc1O. The number of ether oxygens (including phenoxy) is 1. The number of nitrogens with zero attached hydrogens (tertiary/aromatic N) is 2. The number of phenols is 1. The molecule has 0 aliphatic rings. The molecule has 22 heavy (non-hydrogen) atoms. The Balaban J connectivity index is 1.97. The van der Waals surface area contributed by atoms with Crippen molar-refractivity contribution in [2.45, 2.75) is 13.8 Å². The number of nitrogens with one attached hydrogen (secondary N) is 1. The Morgan fingerprint density at radius 1 is 1.18 bits per heavy atom. The molecule has 5 nitrogen and oxygen atoms in total. The van der Waals surface area contributed by atoms with E-state index < -0.39 is 0 Å². The van der Waals surface area contributed by atoms with Crippen molar-refractivity contribution in [3.63, 3.8) is 0 Å². The maximum Gasteiger partial charge on any atom is 0.181 e. The van der Waals surface area contributed by atoms with E-state index in [0.717, 1.165) is 22.5 Å². The Labute approximate surface area is 128 Å². The van der Waals surface area contributed by atoms with Crippen molar-refractivity contribution in [3.05, 3.63) is 48.0 Å². The fourth-order valence-electron chi connectivity index (χ4n) is 2.27. The molecule has 0 fully saturated rings. The molecule has 0 bridgehead atoms. The van der Waals surface area contributed by atoms with E-state index in [4.69, 9.17) is 4.74 Å². The van der Waals surface area contributed by atoms with Crippen molar-refractivity contribution in [2.24, 2.45) is 0 Å². The van der Waals surface area contributed by atoms with E-state index in [1.54, 1.807) is 18.2 Å². The highest BCUT2D eigenvalue weighted by atomic mass is 16.5. The van der Waals surface area contributed by atoms with E-state index in [0.29, 0.717) is 18.2 Å². The second kappa shape index (κ2) is 5.89. The number of H-pyrrole nitrogens is 1. The molecular weight excluding hydrogens is 278 g/mol. The minimum atomic E-state index is 0.111. The molecule has 0 atom stereocenters. The van der Waals surface area contributed by atoms with Crippen LogP contribution < -0.4 is 4.74 Å². The van der Waals surface area contributed by atoms with Gasteiger partial charge in [-0.1, -0.05) is 24.3 Å². The number of hydrogen-bond acceptors (Lipinski definition) is 4. The van der Waals surface area contributed by atoms with Crippen LogP contribution in [0.5, 0.6) is 11.5 Å². The minimum absolute atomic E-state index is 0.111. The van der Waals surface area contributed by atoms with Gasteiger partial charge in [-0.05, 0) is 37.6 Å². The van der Waals surface area contributed by atoms with E-state index in [1.165, 1.54) is 0 Å². The summed E-state index contributed by atoms with van der Waals surface area (Å²) in [5.41, 5.74) is 2.94. The minimum Gasteiger partial charge on any atom is -0.504 e. The zero-order valence-electron chi connectivity index (χ0n) is 12.5. The van der Waals surface area contributed by atoms with Crippen LogP contribution in [0.25, 0.3) is 22.8 Å². The fourth-order valence-corrected chi connectivity index (χ4v) is 2.27. The van der Waals surface area contributed by atoms with Gasteiger partial charge < -0.3 is 9.84 Å². The predicted molar refractivity (Wildman–Crippen MR) is 84.8 cm³/mol.